The molecule has 178 valence electrons. The molecule has 1 fully saturated rings. The predicted octanol–water partition coefficient (Wildman–Crippen LogP) is 2.84. The molecule has 31 heavy (non-hydrogen) atoms. The smallest absolute Gasteiger partial charge is 0.191 e. The number of aliphatic imine (C=N–C) groups is 1. The average molecular weight is 548 g/mol. The van der Waals surface area contributed by atoms with Crippen molar-refractivity contribution in [2.45, 2.75) is 33.1 Å². The van der Waals surface area contributed by atoms with E-state index < -0.39 is 0 Å². The molecule has 1 heterocycles. The molecule has 1 aromatic carbocycles. The van der Waals surface area contributed by atoms with Gasteiger partial charge in [0.15, 0.2) is 17.5 Å². The second kappa shape index (κ2) is 16.4. The van der Waals surface area contributed by atoms with Crippen molar-refractivity contribution in [3.05, 3.63) is 23.8 Å². The van der Waals surface area contributed by atoms with E-state index in [4.69, 9.17) is 14.5 Å². The number of likely N-dealkylation sites (N-methyl/N-ethyl adjacent to an activating group) is 1. The lowest BCUT2D eigenvalue weighted by molar-refractivity contribution is 0.136. The highest BCUT2D eigenvalue weighted by Gasteiger charge is 2.14. The number of ether oxygens (including phenoxy) is 2. The van der Waals surface area contributed by atoms with E-state index in [1.54, 1.807) is 14.2 Å². The van der Waals surface area contributed by atoms with Gasteiger partial charge in [-0.05, 0) is 57.0 Å². The fourth-order valence-corrected chi connectivity index (χ4v) is 3.67. The molecule has 1 aromatic rings. The molecule has 0 bridgehead atoms. The number of halogens is 1. The van der Waals surface area contributed by atoms with Gasteiger partial charge in [-0.1, -0.05) is 13.0 Å². The summed E-state index contributed by atoms with van der Waals surface area (Å²) in [5, 5.41) is 6.78. The van der Waals surface area contributed by atoms with Crippen LogP contribution in [0, 0.1) is 0 Å². The van der Waals surface area contributed by atoms with Crippen LogP contribution in [0.4, 0.5) is 0 Å². The Bertz CT molecular complexity index is 636. The number of nitrogens with one attached hydrogen (secondary N) is 2. The molecule has 0 unspecified atom stereocenters. The third-order valence-electron chi connectivity index (χ3n) is 5.56. The maximum atomic E-state index is 5.39. The van der Waals surface area contributed by atoms with Crippen LogP contribution in [-0.2, 0) is 6.42 Å². The minimum absolute atomic E-state index is 0. The number of guanidine groups is 1. The molecular weight excluding hydrogens is 505 g/mol. The van der Waals surface area contributed by atoms with E-state index in [1.165, 1.54) is 51.3 Å². The Labute approximate surface area is 206 Å². The van der Waals surface area contributed by atoms with Crippen LogP contribution in [0.2, 0.25) is 0 Å². The Balaban J connectivity index is 0.00000480. The highest BCUT2D eigenvalue weighted by Crippen LogP contribution is 2.27. The van der Waals surface area contributed by atoms with E-state index in [2.05, 4.69) is 40.3 Å². The van der Waals surface area contributed by atoms with Gasteiger partial charge in [0.25, 0.3) is 0 Å². The quantitative estimate of drug-likeness (QED) is 0.182. The summed E-state index contributed by atoms with van der Waals surface area (Å²) in [6, 6.07) is 6.06. The molecule has 2 N–H and O–H groups in total. The van der Waals surface area contributed by atoms with Gasteiger partial charge in [-0.15, -0.1) is 24.0 Å². The van der Waals surface area contributed by atoms with E-state index in [9.17, 15) is 0 Å². The summed E-state index contributed by atoms with van der Waals surface area (Å²) >= 11 is 0. The number of hydrogen-bond acceptors (Lipinski definition) is 5. The van der Waals surface area contributed by atoms with E-state index in [0.29, 0.717) is 0 Å². The third-order valence-corrected chi connectivity index (χ3v) is 5.56. The van der Waals surface area contributed by atoms with Gasteiger partial charge >= 0.3 is 0 Å². The number of unbranched alkanes of at least 4 members (excludes halogenated alkanes) is 1. The maximum absolute atomic E-state index is 5.39. The molecule has 0 spiro atoms. The number of nitrogens with zero attached hydrogens (tertiary/aromatic N) is 3. The van der Waals surface area contributed by atoms with Crippen LogP contribution in [0.15, 0.2) is 23.2 Å². The molecule has 0 aliphatic carbocycles. The van der Waals surface area contributed by atoms with Crippen LogP contribution >= 0.6 is 24.0 Å². The van der Waals surface area contributed by atoms with E-state index in [1.807, 2.05) is 12.1 Å². The lowest BCUT2D eigenvalue weighted by atomic mass is 10.1. The normalized spacial score (nSPS) is 15.3. The molecule has 1 aliphatic heterocycles. The largest absolute Gasteiger partial charge is 0.493 e. The highest BCUT2D eigenvalue weighted by molar-refractivity contribution is 14.0. The highest BCUT2D eigenvalue weighted by atomic mass is 127. The summed E-state index contributed by atoms with van der Waals surface area (Å²) in [4.78, 5) is 9.85. The van der Waals surface area contributed by atoms with Crippen LogP contribution < -0.4 is 20.1 Å². The van der Waals surface area contributed by atoms with Gasteiger partial charge in [-0.3, -0.25) is 4.99 Å². The first-order valence-electron chi connectivity index (χ1n) is 11.4. The Morgan fingerprint density at radius 1 is 0.968 bits per heavy atom. The van der Waals surface area contributed by atoms with Crippen molar-refractivity contribution in [2.24, 2.45) is 4.99 Å². The lowest BCUT2D eigenvalue weighted by Crippen LogP contribution is -2.46. The second-order valence-electron chi connectivity index (χ2n) is 7.61. The molecule has 1 aliphatic rings. The summed E-state index contributed by atoms with van der Waals surface area (Å²) < 4.78 is 10.7. The molecule has 0 atom stereocenters. The van der Waals surface area contributed by atoms with Crippen molar-refractivity contribution in [3.8, 4) is 11.5 Å². The van der Waals surface area contributed by atoms with Gasteiger partial charge in [0.05, 0.1) is 14.2 Å². The SMILES string of the molecule is CCNC(=NCCCCN1CCN(CC)CC1)NCCc1ccc(OC)c(OC)c1.I. The molecule has 0 aromatic heterocycles. The van der Waals surface area contributed by atoms with Crippen LogP contribution in [-0.4, -0.2) is 88.9 Å². The number of rotatable bonds is 12. The Hall–Kier alpha value is -1.26. The van der Waals surface area contributed by atoms with Crippen molar-refractivity contribution in [3.63, 3.8) is 0 Å². The number of methoxy groups -OCH3 is 2. The molecule has 2 rings (SSSR count). The molecule has 1 saturated heterocycles. The minimum Gasteiger partial charge on any atom is -0.493 e. The summed E-state index contributed by atoms with van der Waals surface area (Å²) in [7, 11) is 3.32. The van der Waals surface area contributed by atoms with Crippen LogP contribution in [0.3, 0.4) is 0 Å². The standard InChI is InChI=1S/C23H41N5O2.HI/c1-5-24-23(25-12-7-8-14-28-17-15-27(6-2)16-18-28)26-13-11-20-9-10-21(29-3)22(19-20)30-4;/h9-10,19H,5-8,11-18H2,1-4H3,(H2,24,25,26);1H. The van der Waals surface area contributed by atoms with Gasteiger partial charge in [-0.2, -0.15) is 0 Å². The van der Waals surface area contributed by atoms with Gasteiger partial charge in [0.2, 0.25) is 0 Å². The summed E-state index contributed by atoms with van der Waals surface area (Å²) in [6.45, 7) is 14.1. The monoisotopic (exact) mass is 547 g/mol. The number of benzene rings is 1. The van der Waals surface area contributed by atoms with E-state index >= 15 is 0 Å². The van der Waals surface area contributed by atoms with Crippen molar-refractivity contribution in [2.75, 3.05) is 73.1 Å². The van der Waals surface area contributed by atoms with Gasteiger partial charge in [0.1, 0.15) is 0 Å². The fraction of sp³-hybridized carbons (Fsp3) is 0.696. The van der Waals surface area contributed by atoms with E-state index in [-0.39, 0.29) is 24.0 Å². The van der Waals surface area contributed by atoms with Crippen LogP contribution in [0.5, 0.6) is 11.5 Å². The minimum atomic E-state index is 0. The Kier molecular flexibility index (Phi) is 14.7. The molecule has 0 radical (unpaired) electrons. The Morgan fingerprint density at radius 2 is 1.68 bits per heavy atom. The molecule has 8 heteroatoms. The van der Waals surface area contributed by atoms with Crippen molar-refractivity contribution >= 4 is 29.9 Å². The number of hydrogen-bond donors (Lipinski definition) is 2. The van der Waals surface area contributed by atoms with Gasteiger partial charge in [-0.25, -0.2) is 0 Å². The Morgan fingerprint density at radius 3 is 2.32 bits per heavy atom. The third kappa shape index (κ3) is 10.3. The second-order valence-corrected chi connectivity index (χ2v) is 7.61. The first-order chi connectivity index (χ1) is 14.7. The molecule has 0 amide bonds. The predicted molar refractivity (Wildman–Crippen MR) is 140 cm³/mol. The summed E-state index contributed by atoms with van der Waals surface area (Å²) in [6.07, 6.45) is 3.23. The van der Waals surface area contributed by atoms with Crippen molar-refractivity contribution in [1.29, 1.82) is 0 Å². The maximum Gasteiger partial charge on any atom is 0.191 e. The van der Waals surface area contributed by atoms with Gasteiger partial charge < -0.3 is 29.9 Å². The van der Waals surface area contributed by atoms with Crippen molar-refractivity contribution < 1.29 is 9.47 Å². The summed E-state index contributed by atoms with van der Waals surface area (Å²) in [5.41, 5.74) is 1.21. The van der Waals surface area contributed by atoms with E-state index in [0.717, 1.165) is 49.9 Å². The number of piperazine rings is 1. The zero-order valence-electron chi connectivity index (χ0n) is 19.8. The van der Waals surface area contributed by atoms with Crippen LogP contribution in [0.25, 0.3) is 0 Å². The topological polar surface area (TPSA) is 61.4 Å². The first-order valence-corrected chi connectivity index (χ1v) is 11.4. The summed E-state index contributed by atoms with van der Waals surface area (Å²) in [5.74, 6) is 2.43. The zero-order chi connectivity index (χ0) is 21.6. The molecule has 0 saturated carbocycles. The molecular formula is C23H42IN5O2. The zero-order valence-corrected chi connectivity index (χ0v) is 22.1. The van der Waals surface area contributed by atoms with Gasteiger partial charge in [0, 0.05) is 45.8 Å². The average Bonchev–Trinajstić information content (AvgIpc) is 2.79. The van der Waals surface area contributed by atoms with Crippen molar-refractivity contribution in [1.82, 2.24) is 20.4 Å². The lowest BCUT2D eigenvalue weighted by Gasteiger charge is -2.33. The van der Waals surface area contributed by atoms with Crippen LogP contribution in [0.1, 0.15) is 32.3 Å². The first kappa shape index (κ1) is 27.8. The fourth-order valence-electron chi connectivity index (χ4n) is 3.67. The molecule has 7 nitrogen and oxygen atoms in total.